The summed E-state index contributed by atoms with van der Waals surface area (Å²) >= 11 is 0. The Morgan fingerprint density at radius 1 is 0.931 bits per heavy atom. The van der Waals surface area contributed by atoms with Crippen LogP contribution in [0.1, 0.15) is 5.56 Å². The molecule has 29 heavy (non-hydrogen) atoms. The van der Waals surface area contributed by atoms with Gasteiger partial charge in [0.2, 0.25) is 5.82 Å². The first kappa shape index (κ1) is 18.8. The van der Waals surface area contributed by atoms with Crippen LogP contribution in [0.4, 0.5) is 10.1 Å². The number of halogens is 1. The summed E-state index contributed by atoms with van der Waals surface area (Å²) in [6, 6.07) is 19.0. The van der Waals surface area contributed by atoms with E-state index in [1.54, 1.807) is 30.3 Å². The predicted octanol–water partition coefficient (Wildman–Crippen LogP) is 4.65. The number of nitrogens with zero attached hydrogens (tertiary/aromatic N) is 2. The van der Waals surface area contributed by atoms with Crippen molar-refractivity contribution in [3.8, 4) is 22.8 Å². The summed E-state index contributed by atoms with van der Waals surface area (Å²) in [6.45, 7) is 1.92. The van der Waals surface area contributed by atoms with E-state index in [2.05, 4.69) is 14.9 Å². The van der Waals surface area contributed by atoms with Crippen LogP contribution in [0.5, 0.6) is 0 Å². The number of nitrogens with one attached hydrogen (secondary N) is 1. The quantitative estimate of drug-likeness (QED) is 0.519. The molecule has 0 fully saturated rings. The Labute approximate surface area is 167 Å². The molecule has 0 aliphatic carbocycles. The third-order valence-corrected chi connectivity index (χ3v) is 5.68. The standard InChI is InChI=1S/C21H16FN3O3S/c1-14-6-12-17(13-7-14)25-29(26,27)19-5-3-2-4-18(19)21-23-20(24-28-21)15-8-10-16(22)11-9-15/h2-13,25H,1H3. The van der Waals surface area contributed by atoms with Crippen LogP contribution >= 0.6 is 0 Å². The molecule has 0 atom stereocenters. The molecule has 0 aliphatic rings. The molecule has 0 amide bonds. The number of hydrogen-bond donors (Lipinski definition) is 1. The van der Waals surface area contributed by atoms with Crippen LogP contribution in [0.3, 0.4) is 0 Å². The number of benzene rings is 3. The number of sulfonamides is 1. The van der Waals surface area contributed by atoms with Gasteiger partial charge >= 0.3 is 0 Å². The summed E-state index contributed by atoms with van der Waals surface area (Å²) in [5.41, 5.74) is 2.29. The van der Waals surface area contributed by atoms with Gasteiger partial charge in [-0.15, -0.1) is 0 Å². The van der Waals surface area contributed by atoms with Gasteiger partial charge in [-0.1, -0.05) is 35.0 Å². The van der Waals surface area contributed by atoms with Crippen LogP contribution in [-0.4, -0.2) is 18.6 Å². The summed E-state index contributed by atoms with van der Waals surface area (Å²) in [4.78, 5) is 4.29. The molecule has 0 saturated heterocycles. The van der Waals surface area contributed by atoms with Crippen molar-refractivity contribution in [1.29, 1.82) is 0 Å². The van der Waals surface area contributed by atoms with Crippen molar-refractivity contribution >= 4 is 15.7 Å². The van der Waals surface area contributed by atoms with E-state index in [1.807, 2.05) is 19.1 Å². The maximum Gasteiger partial charge on any atom is 0.262 e. The van der Waals surface area contributed by atoms with Gasteiger partial charge in [0, 0.05) is 11.3 Å². The third-order valence-electron chi connectivity index (χ3n) is 4.24. The Hall–Kier alpha value is -3.52. The molecule has 8 heteroatoms. The second-order valence-corrected chi connectivity index (χ2v) is 8.05. The molecule has 1 heterocycles. The fourth-order valence-corrected chi connectivity index (χ4v) is 4.02. The highest BCUT2D eigenvalue weighted by Gasteiger charge is 2.23. The molecule has 1 aromatic heterocycles. The molecule has 0 spiro atoms. The number of aryl methyl sites for hydroxylation is 1. The minimum Gasteiger partial charge on any atom is -0.334 e. The fourth-order valence-electron chi connectivity index (χ4n) is 2.76. The Morgan fingerprint density at radius 2 is 1.62 bits per heavy atom. The highest BCUT2D eigenvalue weighted by atomic mass is 32.2. The van der Waals surface area contributed by atoms with Crippen molar-refractivity contribution in [2.45, 2.75) is 11.8 Å². The molecule has 4 rings (SSSR count). The molecule has 4 aromatic rings. The molecular weight excluding hydrogens is 393 g/mol. The first-order valence-corrected chi connectivity index (χ1v) is 10.2. The average Bonchev–Trinajstić information content (AvgIpc) is 3.20. The Kier molecular flexibility index (Phi) is 4.85. The Balaban J connectivity index is 1.70. The molecule has 146 valence electrons. The topological polar surface area (TPSA) is 85.1 Å². The Morgan fingerprint density at radius 3 is 2.34 bits per heavy atom. The molecule has 1 N–H and O–H groups in total. The molecule has 0 saturated carbocycles. The van der Waals surface area contributed by atoms with Crippen LogP contribution < -0.4 is 4.72 Å². The molecule has 0 bridgehead atoms. The molecule has 6 nitrogen and oxygen atoms in total. The van der Waals surface area contributed by atoms with Gasteiger partial charge in [0.15, 0.2) is 0 Å². The number of aromatic nitrogens is 2. The summed E-state index contributed by atoms with van der Waals surface area (Å²) in [5.74, 6) is -0.0935. The molecular formula is C21H16FN3O3S. The van der Waals surface area contributed by atoms with E-state index in [0.29, 0.717) is 11.3 Å². The van der Waals surface area contributed by atoms with E-state index < -0.39 is 10.0 Å². The van der Waals surface area contributed by atoms with Crippen LogP contribution in [0.2, 0.25) is 0 Å². The van der Waals surface area contributed by atoms with E-state index in [9.17, 15) is 12.8 Å². The van der Waals surface area contributed by atoms with E-state index in [0.717, 1.165) is 5.56 Å². The van der Waals surface area contributed by atoms with Gasteiger partial charge in [0.25, 0.3) is 15.9 Å². The molecule has 3 aromatic carbocycles. The van der Waals surface area contributed by atoms with E-state index >= 15 is 0 Å². The number of rotatable bonds is 5. The van der Waals surface area contributed by atoms with E-state index in [-0.39, 0.29) is 28.0 Å². The maximum atomic E-state index is 13.1. The summed E-state index contributed by atoms with van der Waals surface area (Å²) < 4.78 is 46.9. The number of hydrogen-bond acceptors (Lipinski definition) is 5. The van der Waals surface area contributed by atoms with Crippen LogP contribution in [0, 0.1) is 12.7 Å². The van der Waals surface area contributed by atoms with Gasteiger partial charge in [-0.05, 0) is 55.5 Å². The minimum absolute atomic E-state index is 0.00915. The minimum atomic E-state index is -3.89. The number of anilines is 1. The van der Waals surface area contributed by atoms with Crippen LogP contribution in [0.15, 0.2) is 82.2 Å². The fraction of sp³-hybridized carbons (Fsp3) is 0.0476. The van der Waals surface area contributed by atoms with Crippen molar-refractivity contribution in [1.82, 2.24) is 10.1 Å². The van der Waals surface area contributed by atoms with E-state index in [1.165, 1.54) is 30.3 Å². The predicted molar refractivity (Wildman–Crippen MR) is 107 cm³/mol. The van der Waals surface area contributed by atoms with Gasteiger partial charge in [-0.25, -0.2) is 12.8 Å². The molecule has 0 radical (unpaired) electrons. The van der Waals surface area contributed by atoms with Gasteiger partial charge in [0.1, 0.15) is 10.7 Å². The van der Waals surface area contributed by atoms with Gasteiger partial charge in [-0.3, -0.25) is 4.72 Å². The average molecular weight is 409 g/mol. The van der Waals surface area contributed by atoms with E-state index in [4.69, 9.17) is 4.52 Å². The second kappa shape index (κ2) is 7.48. The zero-order valence-electron chi connectivity index (χ0n) is 15.3. The lowest BCUT2D eigenvalue weighted by atomic mass is 10.2. The SMILES string of the molecule is Cc1ccc(NS(=O)(=O)c2ccccc2-c2nc(-c3ccc(F)cc3)no2)cc1. The molecule has 0 aliphatic heterocycles. The first-order chi connectivity index (χ1) is 13.9. The Bertz CT molecular complexity index is 1250. The lowest BCUT2D eigenvalue weighted by Crippen LogP contribution is -2.14. The zero-order chi connectivity index (χ0) is 20.4. The first-order valence-electron chi connectivity index (χ1n) is 8.71. The van der Waals surface area contributed by atoms with Crippen molar-refractivity contribution in [2.75, 3.05) is 4.72 Å². The monoisotopic (exact) mass is 409 g/mol. The van der Waals surface area contributed by atoms with Crippen molar-refractivity contribution in [3.05, 3.63) is 84.2 Å². The lowest BCUT2D eigenvalue weighted by molar-refractivity contribution is 0.431. The zero-order valence-corrected chi connectivity index (χ0v) is 16.2. The largest absolute Gasteiger partial charge is 0.334 e. The lowest BCUT2D eigenvalue weighted by Gasteiger charge is -2.10. The van der Waals surface area contributed by atoms with Gasteiger partial charge in [0.05, 0.1) is 5.56 Å². The van der Waals surface area contributed by atoms with Crippen LogP contribution in [-0.2, 0) is 10.0 Å². The third kappa shape index (κ3) is 4.02. The van der Waals surface area contributed by atoms with Crippen molar-refractivity contribution in [3.63, 3.8) is 0 Å². The summed E-state index contributed by atoms with van der Waals surface area (Å²) in [6.07, 6.45) is 0. The smallest absolute Gasteiger partial charge is 0.262 e. The molecule has 0 unspecified atom stereocenters. The van der Waals surface area contributed by atoms with Gasteiger partial charge < -0.3 is 4.52 Å². The van der Waals surface area contributed by atoms with Crippen LogP contribution in [0.25, 0.3) is 22.8 Å². The summed E-state index contributed by atoms with van der Waals surface area (Å²) in [7, 11) is -3.89. The van der Waals surface area contributed by atoms with Crippen molar-refractivity contribution < 1.29 is 17.3 Å². The highest BCUT2D eigenvalue weighted by molar-refractivity contribution is 7.92. The second-order valence-electron chi connectivity index (χ2n) is 6.40. The summed E-state index contributed by atoms with van der Waals surface area (Å²) in [5, 5.41) is 3.89. The van der Waals surface area contributed by atoms with Crippen molar-refractivity contribution in [2.24, 2.45) is 0 Å². The maximum absolute atomic E-state index is 13.1. The normalized spacial score (nSPS) is 11.4. The highest BCUT2D eigenvalue weighted by Crippen LogP contribution is 2.29. The van der Waals surface area contributed by atoms with Gasteiger partial charge in [-0.2, -0.15) is 4.98 Å².